The number of hydrogen-bond acceptors (Lipinski definition) is 4. The zero-order valence-electron chi connectivity index (χ0n) is 10.9. The number of sulfonamides is 1. The fourth-order valence-electron chi connectivity index (χ4n) is 1.97. The predicted octanol–water partition coefficient (Wildman–Crippen LogP) is 1.35. The zero-order chi connectivity index (χ0) is 14.2. The lowest BCUT2D eigenvalue weighted by molar-refractivity contribution is 0.344. The molecule has 19 heavy (non-hydrogen) atoms. The summed E-state index contributed by atoms with van der Waals surface area (Å²) in [6.07, 6.45) is 0.730. The first-order chi connectivity index (χ1) is 8.87. The molecule has 0 aromatic heterocycles. The fraction of sp³-hybridized carbons (Fsp3) is 0.500. The van der Waals surface area contributed by atoms with Gasteiger partial charge < -0.3 is 10.5 Å². The van der Waals surface area contributed by atoms with Crippen LogP contribution in [-0.2, 0) is 16.4 Å². The van der Waals surface area contributed by atoms with Crippen LogP contribution in [0.1, 0.15) is 12.5 Å². The molecule has 1 aromatic rings. The van der Waals surface area contributed by atoms with Crippen LogP contribution in [0.3, 0.4) is 0 Å². The third kappa shape index (κ3) is 2.65. The van der Waals surface area contributed by atoms with E-state index in [2.05, 4.69) is 15.9 Å². The van der Waals surface area contributed by atoms with Gasteiger partial charge in [0.25, 0.3) is 0 Å². The summed E-state index contributed by atoms with van der Waals surface area (Å²) in [5.74, 6) is 0.472. The minimum atomic E-state index is -3.60. The van der Waals surface area contributed by atoms with E-state index in [1.807, 2.05) is 6.07 Å². The lowest BCUT2D eigenvalue weighted by Gasteiger charge is -2.24. The van der Waals surface area contributed by atoms with E-state index in [0.29, 0.717) is 12.4 Å². The van der Waals surface area contributed by atoms with Gasteiger partial charge in [-0.25, -0.2) is 8.42 Å². The van der Waals surface area contributed by atoms with Crippen LogP contribution < -0.4 is 10.5 Å². The second-order valence-electron chi connectivity index (χ2n) is 4.60. The Morgan fingerprint density at radius 2 is 2.21 bits per heavy atom. The Morgan fingerprint density at radius 3 is 2.84 bits per heavy atom. The third-order valence-corrected chi connectivity index (χ3v) is 5.77. The van der Waals surface area contributed by atoms with Crippen molar-refractivity contribution in [3.05, 3.63) is 22.2 Å². The first-order valence-corrected chi connectivity index (χ1v) is 8.24. The highest BCUT2D eigenvalue weighted by Gasteiger charge is 2.31. The summed E-state index contributed by atoms with van der Waals surface area (Å²) in [5, 5.41) is 0. The second kappa shape index (κ2) is 5.40. The minimum absolute atomic E-state index is 0.206. The molecule has 2 N–H and O–H groups in total. The molecule has 1 aliphatic rings. The molecule has 0 saturated heterocycles. The van der Waals surface area contributed by atoms with Gasteiger partial charge in [0.1, 0.15) is 10.6 Å². The number of likely N-dealkylation sites (N-methyl/N-ethyl adjacent to an activating group) is 1. The molecule has 0 fully saturated rings. The van der Waals surface area contributed by atoms with E-state index >= 15 is 0 Å². The van der Waals surface area contributed by atoms with E-state index in [0.717, 1.165) is 16.5 Å². The van der Waals surface area contributed by atoms with Crippen molar-refractivity contribution in [2.75, 3.05) is 20.2 Å². The van der Waals surface area contributed by atoms with Crippen LogP contribution in [0.2, 0.25) is 0 Å². The molecule has 1 aliphatic heterocycles. The van der Waals surface area contributed by atoms with Gasteiger partial charge in [-0.15, -0.1) is 0 Å². The Labute approximate surface area is 121 Å². The number of hydrogen-bond donors (Lipinski definition) is 1. The Bertz CT molecular complexity index is 589. The van der Waals surface area contributed by atoms with E-state index in [4.69, 9.17) is 10.5 Å². The summed E-state index contributed by atoms with van der Waals surface area (Å²) in [7, 11) is -2.06. The number of nitrogens with two attached hydrogens (primary N) is 1. The average molecular weight is 349 g/mol. The van der Waals surface area contributed by atoms with Crippen LogP contribution in [0.25, 0.3) is 0 Å². The topological polar surface area (TPSA) is 72.6 Å². The number of rotatable bonds is 4. The minimum Gasteiger partial charge on any atom is -0.492 e. The molecule has 0 saturated carbocycles. The zero-order valence-corrected chi connectivity index (χ0v) is 13.3. The highest BCUT2D eigenvalue weighted by Crippen LogP contribution is 2.37. The number of ether oxygens (including phenoxy) is 1. The van der Waals surface area contributed by atoms with Gasteiger partial charge in [-0.1, -0.05) is 15.9 Å². The molecule has 1 atom stereocenters. The largest absolute Gasteiger partial charge is 0.492 e. The summed E-state index contributed by atoms with van der Waals surface area (Å²) < 4.78 is 32.7. The summed E-state index contributed by atoms with van der Waals surface area (Å²) in [4.78, 5) is 0.206. The van der Waals surface area contributed by atoms with Crippen LogP contribution in [0.5, 0.6) is 5.75 Å². The Hall–Kier alpha value is -0.630. The van der Waals surface area contributed by atoms with E-state index in [9.17, 15) is 8.42 Å². The Balaban J connectivity index is 2.53. The van der Waals surface area contributed by atoms with Gasteiger partial charge in [0, 0.05) is 36.1 Å². The number of halogens is 1. The monoisotopic (exact) mass is 348 g/mol. The first kappa shape index (κ1) is 14.8. The van der Waals surface area contributed by atoms with Crippen molar-refractivity contribution < 1.29 is 13.2 Å². The molecular weight excluding hydrogens is 332 g/mol. The molecule has 7 heteroatoms. The van der Waals surface area contributed by atoms with E-state index in [1.165, 1.54) is 11.4 Å². The maximum Gasteiger partial charge on any atom is 0.246 e. The van der Waals surface area contributed by atoms with Gasteiger partial charge in [-0.05, 0) is 19.1 Å². The van der Waals surface area contributed by atoms with Crippen LogP contribution >= 0.6 is 15.9 Å². The normalized spacial score (nSPS) is 16.3. The molecule has 1 unspecified atom stereocenters. The van der Waals surface area contributed by atoms with E-state index < -0.39 is 10.0 Å². The van der Waals surface area contributed by atoms with Crippen LogP contribution in [0, 0.1) is 0 Å². The second-order valence-corrected chi connectivity index (χ2v) is 7.48. The van der Waals surface area contributed by atoms with Gasteiger partial charge in [0.15, 0.2) is 0 Å². The van der Waals surface area contributed by atoms with Crippen molar-refractivity contribution >= 4 is 26.0 Å². The fourth-order valence-corrected chi connectivity index (χ4v) is 4.19. The molecule has 0 spiro atoms. The van der Waals surface area contributed by atoms with Crippen LogP contribution in [-0.4, -0.2) is 39.0 Å². The summed E-state index contributed by atoms with van der Waals surface area (Å²) >= 11 is 3.35. The highest BCUT2D eigenvalue weighted by atomic mass is 79.9. The smallest absolute Gasteiger partial charge is 0.246 e. The predicted molar refractivity (Wildman–Crippen MR) is 76.8 cm³/mol. The molecule has 2 rings (SSSR count). The molecule has 0 radical (unpaired) electrons. The van der Waals surface area contributed by atoms with Crippen molar-refractivity contribution in [3.8, 4) is 5.75 Å². The molecule has 0 bridgehead atoms. The maximum atomic E-state index is 12.6. The van der Waals surface area contributed by atoms with Gasteiger partial charge in [-0.2, -0.15) is 4.31 Å². The number of fused-ring (bicyclic) bond motifs is 1. The lowest BCUT2D eigenvalue weighted by atomic mass is 10.2. The van der Waals surface area contributed by atoms with Crippen LogP contribution in [0.15, 0.2) is 21.5 Å². The summed E-state index contributed by atoms with van der Waals surface area (Å²) in [6.45, 7) is 2.56. The molecule has 106 valence electrons. The quantitative estimate of drug-likeness (QED) is 0.891. The van der Waals surface area contributed by atoms with Gasteiger partial charge in [-0.3, -0.25) is 0 Å². The maximum absolute atomic E-state index is 12.6. The van der Waals surface area contributed by atoms with E-state index in [-0.39, 0.29) is 17.5 Å². The van der Waals surface area contributed by atoms with Crippen molar-refractivity contribution in [2.24, 2.45) is 5.73 Å². The van der Waals surface area contributed by atoms with E-state index in [1.54, 1.807) is 13.0 Å². The number of nitrogens with zero attached hydrogens (tertiary/aromatic N) is 1. The van der Waals surface area contributed by atoms with Gasteiger partial charge >= 0.3 is 0 Å². The molecule has 0 aliphatic carbocycles. The van der Waals surface area contributed by atoms with Gasteiger partial charge in [0.05, 0.1) is 6.61 Å². The average Bonchev–Trinajstić information content (AvgIpc) is 2.83. The summed E-state index contributed by atoms with van der Waals surface area (Å²) in [5.41, 5.74) is 6.46. The van der Waals surface area contributed by atoms with Crippen LogP contribution in [0.4, 0.5) is 0 Å². The first-order valence-electron chi connectivity index (χ1n) is 6.01. The number of benzene rings is 1. The SMILES string of the molecule is CC(CN)N(C)S(=O)(=O)c1cc(Br)cc2c1OCC2. The van der Waals surface area contributed by atoms with Crippen molar-refractivity contribution in [3.63, 3.8) is 0 Å². The third-order valence-electron chi connectivity index (χ3n) is 3.33. The Morgan fingerprint density at radius 1 is 1.53 bits per heavy atom. The summed E-state index contributed by atoms with van der Waals surface area (Å²) in [6, 6.07) is 3.22. The Kier molecular flexibility index (Phi) is 4.20. The standard InChI is InChI=1S/C12H17BrN2O3S/c1-8(7-14)15(2)19(16,17)11-6-10(13)5-9-3-4-18-12(9)11/h5-6,8H,3-4,7,14H2,1-2H3. The molecule has 5 nitrogen and oxygen atoms in total. The van der Waals surface area contributed by atoms with Crippen molar-refractivity contribution in [1.82, 2.24) is 4.31 Å². The molecular formula is C12H17BrN2O3S. The molecule has 1 aromatic carbocycles. The van der Waals surface area contributed by atoms with Crippen molar-refractivity contribution in [2.45, 2.75) is 24.3 Å². The molecule has 1 heterocycles. The van der Waals surface area contributed by atoms with Gasteiger partial charge in [0.2, 0.25) is 10.0 Å². The molecule has 0 amide bonds. The van der Waals surface area contributed by atoms with Crippen molar-refractivity contribution in [1.29, 1.82) is 0 Å². The lowest BCUT2D eigenvalue weighted by Crippen LogP contribution is -2.39. The highest BCUT2D eigenvalue weighted by molar-refractivity contribution is 9.10.